The van der Waals surface area contributed by atoms with E-state index in [1.54, 1.807) is 10.6 Å². The second-order valence-electron chi connectivity index (χ2n) is 12.1. The number of aromatic nitrogens is 5. The Bertz CT molecular complexity index is 2100. The van der Waals surface area contributed by atoms with Gasteiger partial charge in [0.25, 0.3) is 11.3 Å². The molecular weight excluding hydrogens is 612 g/mol. The summed E-state index contributed by atoms with van der Waals surface area (Å²) in [6, 6.07) is 21.6. The van der Waals surface area contributed by atoms with Crippen LogP contribution in [-0.2, 0) is 29.0 Å². The highest BCUT2D eigenvalue weighted by atomic mass is 16.8. The van der Waals surface area contributed by atoms with Crippen LogP contribution in [0.1, 0.15) is 36.6 Å². The summed E-state index contributed by atoms with van der Waals surface area (Å²) >= 11 is 0. The number of fused-ring (bicyclic) bond motifs is 6. The van der Waals surface area contributed by atoms with Crippen molar-refractivity contribution in [2.75, 3.05) is 39.6 Å². The van der Waals surface area contributed by atoms with Gasteiger partial charge in [0.1, 0.15) is 12.4 Å². The van der Waals surface area contributed by atoms with Gasteiger partial charge in [0.2, 0.25) is 5.69 Å². The second-order valence-corrected chi connectivity index (χ2v) is 12.1. The second kappa shape index (κ2) is 14.0. The van der Waals surface area contributed by atoms with Crippen molar-refractivity contribution in [3.05, 3.63) is 99.1 Å². The number of hydrogen-bond acceptors (Lipinski definition) is 9. The monoisotopic (exact) mass is 650 g/mol. The fourth-order valence-corrected chi connectivity index (χ4v) is 6.11. The van der Waals surface area contributed by atoms with Crippen LogP contribution in [0.5, 0.6) is 5.75 Å². The first-order valence-corrected chi connectivity index (χ1v) is 16.3. The van der Waals surface area contributed by atoms with Crippen molar-refractivity contribution in [1.82, 2.24) is 25.0 Å². The summed E-state index contributed by atoms with van der Waals surface area (Å²) in [4.78, 5) is 22.2. The van der Waals surface area contributed by atoms with Gasteiger partial charge in [-0.25, -0.2) is 4.98 Å². The third-order valence-corrected chi connectivity index (χ3v) is 8.68. The lowest BCUT2D eigenvalue weighted by Gasteiger charge is -2.19. The normalized spacial score (nSPS) is 12.6. The Hall–Kier alpha value is -5.04. The Kier molecular flexibility index (Phi) is 9.19. The summed E-state index contributed by atoms with van der Waals surface area (Å²) in [7, 11) is 0. The summed E-state index contributed by atoms with van der Waals surface area (Å²) in [6.45, 7) is 7.70. The maximum atomic E-state index is 13.5. The van der Waals surface area contributed by atoms with Crippen LogP contribution in [-0.4, -0.2) is 59.3 Å². The topological polar surface area (TPSA) is 143 Å². The van der Waals surface area contributed by atoms with Gasteiger partial charge >= 0.3 is 0 Å². The van der Waals surface area contributed by atoms with E-state index in [-0.39, 0.29) is 5.56 Å². The highest BCUT2D eigenvalue weighted by molar-refractivity contribution is 5.91. The maximum Gasteiger partial charge on any atom is 0.261 e. The maximum absolute atomic E-state index is 13.5. The quantitative estimate of drug-likeness (QED) is 0.127. The number of hydrogen-bond donors (Lipinski definition) is 2. The van der Waals surface area contributed by atoms with E-state index in [2.05, 4.69) is 35.4 Å². The number of aryl methyl sites for hydroxylation is 1. The largest absolute Gasteiger partial charge is 0.491 e. The van der Waals surface area contributed by atoms with E-state index in [9.17, 15) is 10.0 Å². The van der Waals surface area contributed by atoms with E-state index in [1.807, 2.05) is 54.6 Å². The van der Waals surface area contributed by atoms with E-state index in [4.69, 9.17) is 23.8 Å². The van der Waals surface area contributed by atoms with Crippen molar-refractivity contribution in [3.63, 3.8) is 0 Å². The SMILES string of the molecule is CC(C)c1ccc(-c2no[n+]([O-])c2CNCCOCCOCCOc2ccc3nc4n(c(=O)c3c2)CCc2c-4[nH]c3ccccc23)cc1. The van der Waals surface area contributed by atoms with Gasteiger partial charge in [-0.2, -0.15) is 0 Å². The molecule has 0 radical (unpaired) electrons. The molecule has 0 fully saturated rings. The number of nitrogens with zero attached hydrogens (tertiary/aromatic N) is 4. The number of rotatable bonds is 14. The average molecular weight is 651 g/mol. The molecule has 6 aromatic rings. The van der Waals surface area contributed by atoms with Crippen LogP contribution in [0.4, 0.5) is 0 Å². The molecule has 3 aromatic heterocycles. The predicted molar refractivity (Wildman–Crippen MR) is 181 cm³/mol. The van der Waals surface area contributed by atoms with Crippen molar-refractivity contribution in [1.29, 1.82) is 0 Å². The number of para-hydroxylation sites is 1. The van der Waals surface area contributed by atoms with Crippen LogP contribution in [0, 0.1) is 5.21 Å². The first-order valence-electron chi connectivity index (χ1n) is 16.3. The van der Waals surface area contributed by atoms with Gasteiger partial charge in [-0.05, 0) is 52.6 Å². The lowest BCUT2D eigenvalue weighted by Crippen LogP contribution is -2.32. The highest BCUT2D eigenvalue weighted by Crippen LogP contribution is 2.33. The molecule has 48 heavy (non-hydrogen) atoms. The molecule has 248 valence electrons. The molecule has 0 saturated carbocycles. The van der Waals surface area contributed by atoms with Crippen molar-refractivity contribution in [2.24, 2.45) is 0 Å². The Morgan fingerprint density at radius 3 is 2.62 bits per heavy atom. The average Bonchev–Trinajstić information content (AvgIpc) is 3.67. The van der Waals surface area contributed by atoms with E-state index >= 15 is 0 Å². The van der Waals surface area contributed by atoms with Gasteiger partial charge in [-0.1, -0.05) is 56.3 Å². The molecule has 12 heteroatoms. The van der Waals surface area contributed by atoms with Crippen LogP contribution < -0.4 is 20.5 Å². The first-order chi connectivity index (χ1) is 23.5. The highest BCUT2D eigenvalue weighted by Gasteiger charge is 2.24. The molecule has 0 atom stereocenters. The van der Waals surface area contributed by atoms with Gasteiger partial charge in [0.15, 0.2) is 5.82 Å². The van der Waals surface area contributed by atoms with Gasteiger partial charge < -0.3 is 29.7 Å². The lowest BCUT2D eigenvalue weighted by atomic mass is 10.0. The summed E-state index contributed by atoms with van der Waals surface area (Å²) in [6.07, 6.45) is 0.770. The van der Waals surface area contributed by atoms with E-state index < -0.39 is 0 Å². The summed E-state index contributed by atoms with van der Waals surface area (Å²) in [5, 5.41) is 21.0. The number of benzene rings is 3. The zero-order chi connectivity index (χ0) is 33.0. The molecule has 0 bridgehead atoms. The molecule has 0 saturated heterocycles. The molecule has 0 aliphatic carbocycles. The van der Waals surface area contributed by atoms with Crippen LogP contribution in [0.3, 0.4) is 0 Å². The van der Waals surface area contributed by atoms with Crippen molar-refractivity contribution >= 4 is 21.8 Å². The number of ether oxygens (including phenoxy) is 3. The predicted octanol–water partition coefficient (Wildman–Crippen LogP) is 4.71. The molecule has 2 N–H and O–H groups in total. The number of nitrogens with one attached hydrogen (secondary N) is 2. The Morgan fingerprint density at radius 1 is 1.00 bits per heavy atom. The molecule has 3 aromatic carbocycles. The Morgan fingerprint density at radius 2 is 1.79 bits per heavy atom. The van der Waals surface area contributed by atoms with Crippen molar-refractivity contribution < 1.29 is 23.7 Å². The van der Waals surface area contributed by atoms with Gasteiger partial charge in [0, 0.05) is 34.7 Å². The molecular formula is C36H38N6O6. The molecule has 4 heterocycles. The molecule has 0 amide bonds. The molecule has 7 rings (SSSR count). The number of H-pyrrole nitrogens is 1. The molecule has 1 aliphatic heterocycles. The first kappa shape index (κ1) is 31.6. The van der Waals surface area contributed by atoms with E-state index in [0.29, 0.717) is 97.4 Å². The Balaban J connectivity index is 0.828. The van der Waals surface area contributed by atoms with Crippen LogP contribution in [0.25, 0.3) is 44.6 Å². The van der Waals surface area contributed by atoms with Crippen LogP contribution >= 0.6 is 0 Å². The zero-order valence-corrected chi connectivity index (χ0v) is 27.0. The third kappa shape index (κ3) is 6.42. The standard InChI is InChI=1S/C36H38N6O6/c1-23(2)24-7-9-25(10-8-24)33-32(42(44)48-40-33)22-37-14-16-45-17-18-46-19-20-47-26-11-12-31-29(21-26)36(43)41-15-13-28-27-5-3-4-6-30(27)38-34(28)35(41)39-31/h3-12,21,23,37-38H,13-20,22H2,1-2H3. The minimum absolute atomic E-state index is 0.0712. The minimum atomic E-state index is -0.0712. The van der Waals surface area contributed by atoms with Crippen LogP contribution in [0.15, 0.2) is 76.2 Å². The Labute approximate surface area is 276 Å². The number of aromatic amines is 1. The van der Waals surface area contributed by atoms with E-state index in [0.717, 1.165) is 23.2 Å². The summed E-state index contributed by atoms with van der Waals surface area (Å²) < 4.78 is 23.8. The third-order valence-electron chi connectivity index (χ3n) is 8.68. The van der Waals surface area contributed by atoms with Gasteiger partial charge in [-0.15, -0.1) is 0 Å². The molecule has 0 spiro atoms. The summed E-state index contributed by atoms with van der Waals surface area (Å²) in [5.41, 5.74) is 6.75. The zero-order valence-electron chi connectivity index (χ0n) is 27.0. The minimum Gasteiger partial charge on any atom is -0.491 e. The van der Waals surface area contributed by atoms with Crippen LogP contribution in [0.2, 0.25) is 0 Å². The lowest BCUT2D eigenvalue weighted by molar-refractivity contribution is -0.808. The fourth-order valence-electron chi connectivity index (χ4n) is 6.11. The van der Waals surface area contributed by atoms with Crippen molar-refractivity contribution in [2.45, 2.75) is 39.3 Å². The molecule has 1 aliphatic rings. The fraction of sp³-hybridized carbons (Fsp3) is 0.333. The molecule has 0 unspecified atom stereocenters. The van der Waals surface area contributed by atoms with Gasteiger partial charge in [-0.3, -0.25) is 14.0 Å². The van der Waals surface area contributed by atoms with Crippen molar-refractivity contribution in [3.8, 4) is 28.5 Å². The smallest absolute Gasteiger partial charge is 0.261 e. The van der Waals surface area contributed by atoms with Gasteiger partial charge in [0.05, 0.1) is 49.6 Å². The molecule has 12 nitrogen and oxygen atoms in total. The van der Waals surface area contributed by atoms with E-state index in [1.165, 1.54) is 16.5 Å². The summed E-state index contributed by atoms with van der Waals surface area (Å²) in [5.74, 6) is 1.69.